The van der Waals surface area contributed by atoms with Crippen molar-refractivity contribution in [3.63, 3.8) is 0 Å². The number of hydrogen-bond acceptors (Lipinski definition) is 2. The maximum Gasteiger partial charge on any atom is 0.355 e. The summed E-state index contributed by atoms with van der Waals surface area (Å²) in [6.45, 7) is 3.76. The zero-order valence-electron chi connectivity index (χ0n) is 8.93. The zero-order valence-corrected chi connectivity index (χ0v) is 8.93. The number of H-pyrrole nitrogens is 1. The number of aromatic nitrogens is 1. The Morgan fingerprint density at radius 2 is 2.20 bits per heavy atom. The SMILES string of the molecule is C=Cc1c(C(=O)OC)[nH]c2c1CCCC2. The summed E-state index contributed by atoms with van der Waals surface area (Å²) in [5.74, 6) is -0.306. The quantitative estimate of drug-likeness (QED) is 0.753. The van der Waals surface area contributed by atoms with Crippen molar-refractivity contribution in [1.82, 2.24) is 4.98 Å². The van der Waals surface area contributed by atoms with Gasteiger partial charge in [0, 0.05) is 11.3 Å². The highest BCUT2D eigenvalue weighted by atomic mass is 16.5. The average Bonchev–Trinajstić information content (AvgIpc) is 2.66. The molecule has 0 amide bonds. The number of fused-ring (bicyclic) bond motifs is 1. The van der Waals surface area contributed by atoms with Crippen LogP contribution in [0.5, 0.6) is 0 Å². The van der Waals surface area contributed by atoms with E-state index in [0.717, 1.165) is 18.4 Å². The third-order valence-electron chi connectivity index (χ3n) is 2.93. The second-order valence-corrected chi connectivity index (χ2v) is 3.77. The summed E-state index contributed by atoms with van der Waals surface area (Å²) < 4.78 is 4.74. The summed E-state index contributed by atoms with van der Waals surface area (Å²) in [4.78, 5) is 14.7. The zero-order chi connectivity index (χ0) is 10.8. The maximum atomic E-state index is 11.5. The highest BCUT2D eigenvalue weighted by molar-refractivity contribution is 5.92. The summed E-state index contributed by atoms with van der Waals surface area (Å²) >= 11 is 0. The van der Waals surface area contributed by atoms with Gasteiger partial charge in [0.05, 0.1) is 7.11 Å². The van der Waals surface area contributed by atoms with Crippen molar-refractivity contribution in [1.29, 1.82) is 0 Å². The standard InChI is InChI=1S/C12H15NO2/c1-3-8-9-6-4-5-7-10(9)13-11(8)12(14)15-2/h3,13H,1,4-7H2,2H3. The highest BCUT2D eigenvalue weighted by Gasteiger charge is 2.22. The lowest BCUT2D eigenvalue weighted by Crippen LogP contribution is -2.03. The van der Waals surface area contributed by atoms with Crippen molar-refractivity contribution in [3.05, 3.63) is 29.1 Å². The van der Waals surface area contributed by atoms with E-state index in [1.165, 1.54) is 31.2 Å². The van der Waals surface area contributed by atoms with Crippen LogP contribution in [0.1, 0.15) is 40.2 Å². The van der Waals surface area contributed by atoms with Crippen LogP contribution in [0.3, 0.4) is 0 Å². The number of ether oxygens (including phenoxy) is 1. The predicted octanol–water partition coefficient (Wildman–Crippen LogP) is 2.32. The van der Waals surface area contributed by atoms with Gasteiger partial charge < -0.3 is 9.72 Å². The smallest absolute Gasteiger partial charge is 0.355 e. The first-order chi connectivity index (χ1) is 7.27. The first kappa shape index (κ1) is 10.0. The molecule has 1 heterocycles. The van der Waals surface area contributed by atoms with Gasteiger partial charge in [0.15, 0.2) is 0 Å². The van der Waals surface area contributed by atoms with Gasteiger partial charge in [0.2, 0.25) is 0 Å². The molecular weight excluding hydrogens is 190 g/mol. The van der Waals surface area contributed by atoms with E-state index in [0.29, 0.717) is 5.69 Å². The van der Waals surface area contributed by atoms with Gasteiger partial charge in [0.25, 0.3) is 0 Å². The van der Waals surface area contributed by atoms with Gasteiger partial charge in [-0.05, 0) is 31.2 Å². The molecule has 1 aliphatic carbocycles. The Hall–Kier alpha value is -1.51. The number of nitrogens with one attached hydrogen (secondary N) is 1. The molecule has 1 N–H and O–H groups in total. The fourth-order valence-electron chi connectivity index (χ4n) is 2.20. The molecule has 0 spiro atoms. The average molecular weight is 205 g/mol. The molecule has 0 saturated heterocycles. The molecule has 0 aromatic carbocycles. The molecule has 3 nitrogen and oxygen atoms in total. The van der Waals surface area contributed by atoms with E-state index in [1.807, 2.05) is 0 Å². The molecule has 1 aromatic heterocycles. The van der Waals surface area contributed by atoms with Crippen molar-refractivity contribution >= 4 is 12.0 Å². The van der Waals surface area contributed by atoms with Crippen LogP contribution in [0.4, 0.5) is 0 Å². The van der Waals surface area contributed by atoms with Crippen LogP contribution < -0.4 is 0 Å². The van der Waals surface area contributed by atoms with E-state index in [1.54, 1.807) is 6.08 Å². The molecule has 0 saturated carbocycles. The molecule has 2 rings (SSSR count). The molecule has 0 atom stereocenters. The van der Waals surface area contributed by atoms with Gasteiger partial charge in [-0.1, -0.05) is 12.7 Å². The molecule has 0 bridgehead atoms. The van der Waals surface area contributed by atoms with E-state index in [4.69, 9.17) is 4.74 Å². The third kappa shape index (κ3) is 1.58. The van der Waals surface area contributed by atoms with Crippen LogP contribution in [0.2, 0.25) is 0 Å². The maximum absolute atomic E-state index is 11.5. The molecule has 3 heteroatoms. The molecule has 80 valence electrons. The predicted molar refractivity (Wildman–Crippen MR) is 58.9 cm³/mol. The van der Waals surface area contributed by atoms with E-state index in [2.05, 4.69) is 11.6 Å². The number of carbonyl (C=O) groups is 1. The number of methoxy groups -OCH3 is 1. The van der Waals surface area contributed by atoms with Crippen molar-refractivity contribution < 1.29 is 9.53 Å². The van der Waals surface area contributed by atoms with E-state index in [9.17, 15) is 4.79 Å². The normalized spacial score (nSPS) is 14.5. The summed E-state index contributed by atoms with van der Waals surface area (Å²) in [5.41, 5.74) is 3.91. The number of carbonyl (C=O) groups excluding carboxylic acids is 1. The van der Waals surface area contributed by atoms with Crippen LogP contribution in [0, 0.1) is 0 Å². The second kappa shape index (κ2) is 3.93. The highest BCUT2D eigenvalue weighted by Crippen LogP contribution is 2.28. The van der Waals surface area contributed by atoms with E-state index in [-0.39, 0.29) is 5.97 Å². The lowest BCUT2D eigenvalue weighted by Gasteiger charge is -2.10. The number of hydrogen-bond donors (Lipinski definition) is 1. The Kier molecular flexibility index (Phi) is 2.62. The number of rotatable bonds is 2. The van der Waals surface area contributed by atoms with Crippen LogP contribution in [-0.4, -0.2) is 18.1 Å². The van der Waals surface area contributed by atoms with Crippen LogP contribution in [0.25, 0.3) is 6.08 Å². The van der Waals surface area contributed by atoms with Crippen LogP contribution in [-0.2, 0) is 17.6 Å². The summed E-state index contributed by atoms with van der Waals surface area (Å²) in [6, 6.07) is 0. The van der Waals surface area contributed by atoms with Gasteiger partial charge >= 0.3 is 5.97 Å². The Bertz CT molecular complexity index is 404. The fraction of sp³-hybridized carbons (Fsp3) is 0.417. The number of aryl methyl sites for hydroxylation is 1. The topological polar surface area (TPSA) is 42.1 Å². The molecule has 1 aromatic rings. The van der Waals surface area contributed by atoms with Crippen molar-refractivity contribution in [2.24, 2.45) is 0 Å². The summed E-state index contributed by atoms with van der Waals surface area (Å²) in [7, 11) is 1.40. The first-order valence-corrected chi connectivity index (χ1v) is 5.22. The largest absolute Gasteiger partial charge is 0.464 e. The minimum Gasteiger partial charge on any atom is -0.464 e. The number of aromatic amines is 1. The Labute approximate surface area is 89.1 Å². The van der Waals surface area contributed by atoms with Crippen LogP contribution >= 0.6 is 0 Å². The molecule has 0 radical (unpaired) electrons. The van der Waals surface area contributed by atoms with Gasteiger partial charge in [-0.25, -0.2) is 4.79 Å². The summed E-state index contributed by atoms with van der Waals surface area (Å²) in [5, 5.41) is 0. The molecule has 15 heavy (non-hydrogen) atoms. The van der Waals surface area contributed by atoms with Crippen LogP contribution in [0.15, 0.2) is 6.58 Å². The third-order valence-corrected chi connectivity index (χ3v) is 2.93. The van der Waals surface area contributed by atoms with Gasteiger partial charge in [-0.2, -0.15) is 0 Å². The van der Waals surface area contributed by atoms with Gasteiger partial charge in [0.1, 0.15) is 5.69 Å². The second-order valence-electron chi connectivity index (χ2n) is 3.77. The number of esters is 1. The fourth-order valence-corrected chi connectivity index (χ4v) is 2.20. The Morgan fingerprint density at radius 3 is 2.87 bits per heavy atom. The van der Waals surface area contributed by atoms with Crippen molar-refractivity contribution in [2.75, 3.05) is 7.11 Å². The molecular formula is C12H15NO2. The monoisotopic (exact) mass is 205 g/mol. The summed E-state index contributed by atoms with van der Waals surface area (Å²) in [6.07, 6.45) is 6.17. The molecule has 1 aliphatic rings. The Morgan fingerprint density at radius 1 is 1.47 bits per heavy atom. The minimum atomic E-state index is -0.306. The minimum absolute atomic E-state index is 0.306. The first-order valence-electron chi connectivity index (χ1n) is 5.22. The molecule has 0 aliphatic heterocycles. The van der Waals surface area contributed by atoms with E-state index >= 15 is 0 Å². The van der Waals surface area contributed by atoms with Gasteiger partial charge in [-0.15, -0.1) is 0 Å². The lowest BCUT2D eigenvalue weighted by atomic mass is 9.94. The van der Waals surface area contributed by atoms with Gasteiger partial charge in [-0.3, -0.25) is 0 Å². The lowest BCUT2D eigenvalue weighted by molar-refractivity contribution is 0.0594. The van der Waals surface area contributed by atoms with E-state index < -0.39 is 0 Å². The molecule has 0 unspecified atom stereocenters. The Balaban J connectivity index is 2.51. The van der Waals surface area contributed by atoms with Crippen molar-refractivity contribution in [3.8, 4) is 0 Å². The van der Waals surface area contributed by atoms with Crippen molar-refractivity contribution in [2.45, 2.75) is 25.7 Å². The molecule has 0 fully saturated rings.